The van der Waals surface area contributed by atoms with Crippen LogP contribution in [0, 0.1) is 5.92 Å². The van der Waals surface area contributed by atoms with E-state index in [1.807, 2.05) is 0 Å². The SMILES string of the molecule is CCOC(=O)N1c2ccc(C(F)(F)F)cc2C(CN(Cc2cc(C(F)(F)F)cc(C(F)(F)F)c2)C(C)=O)C1C1CC1. The van der Waals surface area contributed by atoms with Crippen molar-refractivity contribution in [3.8, 4) is 0 Å². The summed E-state index contributed by atoms with van der Waals surface area (Å²) < 4.78 is 126. The molecule has 2 unspecified atom stereocenters. The molecule has 224 valence electrons. The third kappa shape index (κ3) is 6.56. The maximum Gasteiger partial charge on any atom is 0.416 e. The van der Waals surface area contributed by atoms with Crippen molar-refractivity contribution in [3.63, 3.8) is 0 Å². The quantitative estimate of drug-likeness (QED) is 0.323. The first-order valence-electron chi connectivity index (χ1n) is 12.6. The maximum absolute atomic E-state index is 13.6. The number of hydrogen-bond acceptors (Lipinski definition) is 3. The van der Waals surface area contributed by atoms with Crippen molar-refractivity contribution in [2.24, 2.45) is 5.92 Å². The van der Waals surface area contributed by atoms with Crippen molar-refractivity contribution in [3.05, 3.63) is 64.2 Å². The van der Waals surface area contributed by atoms with E-state index in [9.17, 15) is 49.1 Å². The minimum absolute atomic E-state index is 0.0238. The van der Waals surface area contributed by atoms with Crippen molar-refractivity contribution in [1.29, 1.82) is 0 Å². The van der Waals surface area contributed by atoms with Gasteiger partial charge in [0.05, 0.1) is 35.0 Å². The molecule has 41 heavy (non-hydrogen) atoms. The van der Waals surface area contributed by atoms with Crippen molar-refractivity contribution >= 4 is 17.7 Å². The molecule has 5 nitrogen and oxygen atoms in total. The van der Waals surface area contributed by atoms with Gasteiger partial charge in [0.25, 0.3) is 0 Å². The molecule has 14 heteroatoms. The molecule has 0 radical (unpaired) electrons. The summed E-state index contributed by atoms with van der Waals surface area (Å²) in [6.07, 6.45) is -14.5. The number of hydrogen-bond donors (Lipinski definition) is 0. The van der Waals surface area contributed by atoms with Crippen LogP contribution < -0.4 is 4.90 Å². The Bertz CT molecular complexity index is 1280. The summed E-state index contributed by atoms with van der Waals surface area (Å²) in [7, 11) is 0. The highest BCUT2D eigenvalue weighted by Crippen LogP contribution is 2.52. The van der Waals surface area contributed by atoms with Gasteiger partial charge in [0, 0.05) is 25.9 Å². The van der Waals surface area contributed by atoms with Gasteiger partial charge < -0.3 is 9.64 Å². The molecule has 2 aromatic rings. The topological polar surface area (TPSA) is 49.9 Å². The van der Waals surface area contributed by atoms with E-state index in [2.05, 4.69) is 0 Å². The van der Waals surface area contributed by atoms with Gasteiger partial charge in [-0.2, -0.15) is 39.5 Å². The fourth-order valence-corrected chi connectivity index (χ4v) is 5.24. The summed E-state index contributed by atoms with van der Waals surface area (Å²) >= 11 is 0. The zero-order valence-electron chi connectivity index (χ0n) is 21.8. The number of alkyl halides is 9. The molecule has 2 aromatic carbocycles. The molecule has 0 saturated heterocycles. The number of ether oxygens (including phenoxy) is 1. The molecule has 0 bridgehead atoms. The average molecular weight is 596 g/mol. The molecule has 0 N–H and O–H groups in total. The minimum atomic E-state index is -5.10. The highest BCUT2D eigenvalue weighted by Gasteiger charge is 2.51. The van der Waals surface area contributed by atoms with Crippen LogP contribution in [0.25, 0.3) is 0 Å². The zero-order chi connectivity index (χ0) is 30.5. The number of carbonyl (C=O) groups excluding carboxylic acids is 2. The molecule has 2 aliphatic rings. The smallest absolute Gasteiger partial charge is 0.416 e. The van der Waals surface area contributed by atoms with E-state index in [1.54, 1.807) is 6.92 Å². The van der Waals surface area contributed by atoms with Gasteiger partial charge in [0.15, 0.2) is 0 Å². The number of benzene rings is 2. The number of rotatable bonds is 6. The van der Waals surface area contributed by atoms with Crippen LogP contribution in [0.3, 0.4) is 0 Å². The zero-order valence-corrected chi connectivity index (χ0v) is 21.8. The Morgan fingerprint density at radius 1 is 0.878 bits per heavy atom. The summed E-state index contributed by atoms with van der Waals surface area (Å²) in [6.45, 7) is 1.54. The Labute approximate surface area is 228 Å². The van der Waals surface area contributed by atoms with Gasteiger partial charge >= 0.3 is 24.6 Å². The summed E-state index contributed by atoms with van der Waals surface area (Å²) in [6, 6.07) is 3.03. The molecule has 0 spiro atoms. The second-order valence-corrected chi connectivity index (χ2v) is 10.1. The molecular formula is C27H25F9N2O3. The number of halogens is 9. The lowest BCUT2D eigenvalue weighted by Crippen LogP contribution is -2.44. The normalized spacial score (nSPS) is 19.2. The Balaban J connectivity index is 1.77. The van der Waals surface area contributed by atoms with E-state index < -0.39 is 71.3 Å². The third-order valence-corrected chi connectivity index (χ3v) is 7.18. The van der Waals surface area contributed by atoms with E-state index in [0.717, 1.165) is 30.0 Å². The monoisotopic (exact) mass is 596 g/mol. The van der Waals surface area contributed by atoms with Gasteiger partial charge in [-0.15, -0.1) is 0 Å². The maximum atomic E-state index is 13.6. The number of amides is 2. The lowest BCUT2D eigenvalue weighted by molar-refractivity contribution is -0.143. The first-order valence-corrected chi connectivity index (χ1v) is 12.6. The van der Waals surface area contributed by atoms with Gasteiger partial charge in [0.1, 0.15) is 0 Å². The van der Waals surface area contributed by atoms with Crippen molar-refractivity contribution in [1.82, 2.24) is 4.90 Å². The van der Waals surface area contributed by atoms with Crippen LogP contribution in [0.4, 0.5) is 50.0 Å². The molecule has 2 atom stereocenters. The third-order valence-electron chi connectivity index (χ3n) is 7.18. The van der Waals surface area contributed by atoms with Crippen molar-refractivity contribution < 1.29 is 53.8 Å². The second kappa shape index (κ2) is 10.8. The van der Waals surface area contributed by atoms with E-state index in [0.29, 0.717) is 25.0 Å². The lowest BCUT2D eigenvalue weighted by atomic mass is 9.90. The Kier molecular flexibility index (Phi) is 8.00. The summed E-state index contributed by atoms with van der Waals surface area (Å²) in [4.78, 5) is 27.8. The Morgan fingerprint density at radius 3 is 1.90 bits per heavy atom. The molecule has 1 heterocycles. The Hall–Kier alpha value is -3.45. The minimum Gasteiger partial charge on any atom is -0.449 e. The largest absolute Gasteiger partial charge is 0.449 e. The summed E-state index contributed by atoms with van der Waals surface area (Å²) in [5.41, 5.74) is -4.37. The molecule has 1 saturated carbocycles. The van der Waals surface area contributed by atoms with Crippen LogP contribution in [-0.2, 0) is 34.6 Å². The van der Waals surface area contributed by atoms with Crippen LogP contribution in [0.2, 0.25) is 0 Å². The Morgan fingerprint density at radius 2 is 1.44 bits per heavy atom. The van der Waals surface area contributed by atoms with Gasteiger partial charge in [-0.25, -0.2) is 4.79 Å². The predicted octanol–water partition coefficient (Wildman–Crippen LogP) is 7.63. The molecule has 1 aliphatic heterocycles. The van der Waals surface area contributed by atoms with Crippen LogP contribution in [0.15, 0.2) is 36.4 Å². The molecule has 1 fully saturated rings. The number of nitrogens with zero attached hydrogens (tertiary/aromatic N) is 2. The first kappa shape index (κ1) is 30.5. The van der Waals surface area contributed by atoms with E-state index in [4.69, 9.17) is 4.74 Å². The summed E-state index contributed by atoms with van der Waals surface area (Å²) in [5, 5.41) is 0. The van der Waals surface area contributed by atoms with Gasteiger partial charge in [0.2, 0.25) is 5.91 Å². The van der Waals surface area contributed by atoms with E-state index >= 15 is 0 Å². The average Bonchev–Trinajstić information content (AvgIpc) is 3.64. The summed E-state index contributed by atoms with van der Waals surface area (Å²) in [5.74, 6) is -1.81. The van der Waals surface area contributed by atoms with Crippen LogP contribution in [0.1, 0.15) is 60.4 Å². The molecule has 2 amide bonds. The van der Waals surface area contributed by atoms with Crippen LogP contribution >= 0.6 is 0 Å². The standard InChI is InChI=1S/C27H25F9N2O3/c1-3-41-24(40)38-22-7-6-17(25(28,29)30)11-20(22)21(23(38)16-4-5-16)13-37(14(2)39)12-15-8-18(26(31,32)33)10-19(9-15)27(34,35)36/h6-11,16,21,23H,3-5,12-13H2,1-2H3. The van der Waals surface area contributed by atoms with Crippen LogP contribution in [-0.4, -0.2) is 36.1 Å². The van der Waals surface area contributed by atoms with Crippen molar-refractivity contribution in [2.75, 3.05) is 18.1 Å². The van der Waals surface area contributed by atoms with Crippen molar-refractivity contribution in [2.45, 2.75) is 63.7 Å². The first-order chi connectivity index (χ1) is 18.9. The van der Waals surface area contributed by atoms with E-state index in [-0.39, 0.29) is 36.4 Å². The number of fused-ring (bicyclic) bond motifs is 1. The highest BCUT2D eigenvalue weighted by atomic mass is 19.4. The van der Waals surface area contributed by atoms with Gasteiger partial charge in [-0.1, -0.05) is 0 Å². The molecular weight excluding hydrogens is 571 g/mol. The highest BCUT2D eigenvalue weighted by molar-refractivity contribution is 5.92. The molecule has 0 aromatic heterocycles. The fourth-order valence-electron chi connectivity index (χ4n) is 5.24. The number of anilines is 1. The van der Waals surface area contributed by atoms with Crippen LogP contribution in [0.5, 0.6) is 0 Å². The lowest BCUT2D eigenvalue weighted by Gasteiger charge is -2.32. The van der Waals surface area contributed by atoms with Gasteiger partial charge in [-0.05, 0) is 73.2 Å². The predicted molar refractivity (Wildman–Crippen MR) is 128 cm³/mol. The van der Waals surface area contributed by atoms with E-state index in [1.165, 1.54) is 4.90 Å². The van der Waals surface area contributed by atoms with Gasteiger partial charge in [-0.3, -0.25) is 9.69 Å². The second-order valence-electron chi connectivity index (χ2n) is 10.1. The molecule has 4 rings (SSSR count). The molecule has 1 aliphatic carbocycles. The number of carbonyl (C=O) groups is 2. The fraction of sp³-hybridized carbons (Fsp3) is 0.481.